The first-order valence-electron chi connectivity index (χ1n) is 4.91. The average Bonchev–Trinajstić information content (AvgIpc) is 2.57. The van der Waals surface area contributed by atoms with E-state index in [4.69, 9.17) is 0 Å². The number of halogens is 1. The highest BCUT2D eigenvalue weighted by molar-refractivity contribution is 5.98. The highest BCUT2D eigenvalue weighted by Gasteiger charge is 2.33. The van der Waals surface area contributed by atoms with Gasteiger partial charge in [-0.15, -0.1) is 0 Å². The van der Waals surface area contributed by atoms with E-state index < -0.39 is 22.8 Å². The van der Waals surface area contributed by atoms with Crippen LogP contribution in [0.4, 0.5) is 15.8 Å². The van der Waals surface area contributed by atoms with Crippen molar-refractivity contribution in [2.75, 3.05) is 11.4 Å². The molecule has 7 heteroatoms. The molecule has 1 fully saturated rings. The molecule has 1 saturated heterocycles. The molecule has 0 aromatic heterocycles. The Morgan fingerprint density at radius 1 is 1.53 bits per heavy atom. The molecule has 0 spiro atoms. The van der Waals surface area contributed by atoms with Gasteiger partial charge >= 0.3 is 0 Å². The number of amides is 1. The van der Waals surface area contributed by atoms with Crippen LogP contribution in [0, 0.1) is 15.9 Å². The molecule has 2 rings (SSSR count). The van der Waals surface area contributed by atoms with Gasteiger partial charge in [-0.25, -0.2) is 4.39 Å². The van der Waals surface area contributed by atoms with Gasteiger partial charge in [-0.1, -0.05) is 0 Å². The van der Waals surface area contributed by atoms with Crippen LogP contribution in [-0.4, -0.2) is 28.6 Å². The summed E-state index contributed by atoms with van der Waals surface area (Å²) in [5.74, 6) is -1.12. The maximum absolute atomic E-state index is 13.1. The van der Waals surface area contributed by atoms with Crippen molar-refractivity contribution in [1.82, 2.24) is 0 Å². The summed E-state index contributed by atoms with van der Waals surface area (Å²) in [5.41, 5.74) is -0.467. The van der Waals surface area contributed by atoms with Crippen LogP contribution in [0.1, 0.15) is 6.42 Å². The highest BCUT2D eigenvalue weighted by atomic mass is 19.1. The van der Waals surface area contributed by atoms with Gasteiger partial charge in [0, 0.05) is 12.1 Å². The number of aliphatic hydroxyl groups excluding tert-OH is 1. The topological polar surface area (TPSA) is 83.7 Å². The summed E-state index contributed by atoms with van der Waals surface area (Å²) >= 11 is 0. The number of carbonyl (C=O) groups is 1. The summed E-state index contributed by atoms with van der Waals surface area (Å²) in [5, 5.41) is 20.1. The number of β-amino-alcohol motifs (C(OH)–C–C–N with tert-alkyl or cyclic N) is 1. The first-order chi connectivity index (χ1) is 7.99. The van der Waals surface area contributed by atoms with Crippen LogP contribution in [0.5, 0.6) is 0 Å². The molecule has 90 valence electrons. The molecule has 1 amide bonds. The lowest BCUT2D eigenvalue weighted by Crippen LogP contribution is -2.26. The van der Waals surface area contributed by atoms with E-state index in [-0.39, 0.29) is 24.3 Å². The zero-order chi connectivity index (χ0) is 12.6. The minimum atomic E-state index is -0.870. The van der Waals surface area contributed by atoms with Crippen LogP contribution in [0.3, 0.4) is 0 Å². The lowest BCUT2D eigenvalue weighted by molar-refractivity contribution is -0.384. The summed E-state index contributed by atoms with van der Waals surface area (Å²) in [4.78, 5) is 22.6. The minimum absolute atomic E-state index is 0.0525. The average molecular weight is 240 g/mol. The smallest absolute Gasteiger partial charge is 0.293 e. The van der Waals surface area contributed by atoms with Gasteiger partial charge < -0.3 is 10.0 Å². The van der Waals surface area contributed by atoms with E-state index in [1.807, 2.05) is 0 Å². The van der Waals surface area contributed by atoms with Gasteiger partial charge in [0.05, 0.1) is 24.0 Å². The molecule has 0 bridgehead atoms. The molecule has 1 N–H and O–H groups in total. The number of rotatable bonds is 2. The van der Waals surface area contributed by atoms with E-state index in [2.05, 4.69) is 0 Å². The van der Waals surface area contributed by atoms with Crippen LogP contribution < -0.4 is 4.90 Å². The molecule has 0 aliphatic carbocycles. The summed E-state index contributed by atoms with van der Waals surface area (Å²) in [6.45, 7) is -0.0525. The Morgan fingerprint density at radius 2 is 2.24 bits per heavy atom. The molecule has 0 saturated carbocycles. The molecule has 1 aliphatic rings. The largest absolute Gasteiger partial charge is 0.391 e. The Labute approximate surface area is 95.4 Å². The van der Waals surface area contributed by atoms with Gasteiger partial charge in [0.2, 0.25) is 5.91 Å². The normalized spacial score (nSPS) is 19.8. The number of nitro benzene ring substituents is 1. The molecular formula is C10H9FN2O4. The molecule has 1 heterocycles. The molecule has 1 unspecified atom stereocenters. The molecule has 17 heavy (non-hydrogen) atoms. The molecule has 6 nitrogen and oxygen atoms in total. The van der Waals surface area contributed by atoms with Crippen molar-refractivity contribution < 1.29 is 19.2 Å². The van der Waals surface area contributed by atoms with Crippen molar-refractivity contribution in [2.24, 2.45) is 0 Å². The van der Waals surface area contributed by atoms with Crippen molar-refractivity contribution in [1.29, 1.82) is 0 Å². The van der Waals surface area contributed by atoms with E-state index in [1.165, 1.54) is 0 Å². The minimum Gasteiger partial charge on any atom is -0.391 e. The van der Waals surface area contributed by atoms with Gasteiger partial charge in [0.15, 0.2) is 0 Å². The third-order valence-corrected chi connectivity index (χ3v) is 2.53. The maximum atomic E-state index is 13.1. The summed E-state index contributed by atoms with van der Waals surface area (Å²) < 4.78 is 13.1. The van der Waals surface area contributed by atoms with Crippen molar-refractivity contribution in [2.45, 2.75) is 12.5 Å². The number of nitro groups is 1. The van der Waals surface area contributed by atoms with Gasteiger partial charge in [0.25, 0.3) is 5.69 Å². The maximum Gasteiger partial charge on any atom is 0.293 e. The number of hydrogen-bond acceptors (Lipinski definition) is 4. The lowest BCUT2D eigenvalue weighted by atomic mass is 10.2. The zero-order valence-electron chi connectivity index (χ0n) is 8.67. The third kappa shape index (κ3) is 2.09. The van der Waals surface area contributed by atoms with E-state index >= 15 is 0 Å². The Morgan fingerprint density at radius 3 is 2.76 bits per heavy atom. The molecular weight excluding hydrogens is 231 g/mol. The van der Waals surface area contributed by atoms with Crippen LogP contribution >= 0.6 is 0 Å². The quantitative estimate of drug-likeness (QED) is 0.613. The number of aliphatic hydroxyl groups is 1. The van der Waals surface area contributed by atoms with Crippen LogP contribution in [-0.2, 0) is 4.79 Å². The predicted octanol–water partition coefficient (Wildman–Crippen LogP) is 0.832. The fourth-order valence-corrected chi connectivity index (χ4v) is 1.79. The first-order valence-corrected chi connectivity index (χ1v) is 4.91. The van der Waals surface area contributed by atoms with E-state index in [0.29, 0.717) is 0 Å². The second kappa shape index (κ2) is 4.10. The molecule has 1 atom stereocenters. The summed E-state index contributed by atoms with van der Waals surface area (Å²) in [6.07, 6.45) is -0.974. The van der Waals surface area contributed by atoms with Gasteiger partial charge in [-0.05, 0) is 6.07 Å². The van der Waals surface area contributed by atoms with E-state index in [0.717, 1.165) is 23.1 Å². The van der Waals surface area contributed by atoms with Gasteiger partial charge in [-0.2, -0.15) is 0 Å². The first kappa shape index (κ1) is 11.5. The molecule has 0 radical (unpaired) electrons. The van der Waals surface area contributed by atoms with E-state index in [1.54, 1.807) is 0 Å². The lowest BCUT2D eigenvalue weighted by Gasteiger charge is -2.15. The van der Waals surface area contributed by atoms with Crippen molar-refractivity contribution in [3.8, 4) is 0 Å². The van der Waals surface area contributed by atoms with Crippen molar-refractivity contribution >= 4 is 17.3 Å². The SMILES string of the molecule is O=C1CC(O)CN1c1cc(F)ccc1[N+](=O)[O-]. The van der Waals surface area contributed by atoms with Crippen molar-refractivity contribution in [3.05, 3.63) is 34.1 Å². The fraction of sp³-hybridized carbons (Fsp3) is 0.300. The number of hydrogen-bond donors (Lipinski definition) is 1. The monoisotopic (exact) mass is 240 g/mol. The van der Waals surface area contributed by atoms with Crippen LogP contribution in [0.15, 0.2) is 18.2 Å². The Hall–Kier alpha value is -2.02. The fourth-order valence-electron chi connectivity index (χ4n) is 1.79. The van der Waals surface area contributed by atoms with Gasteiger partial charge in [0.1, 0.15) is 11.5 Å². The zero-order valence-corrected chi connectivity index (χ0v) is 8.67. The van der Waals surface area contributed by atoms with Gasteiger partial charge in [-0.3, -0.25) is 14.9 Å². The van der Waals surface area contributed by atoms with Crippen LogP contribution in [0.2, 0.25) is 0 Å². The number of carbonyl (C=O) groups excluding carboxylic acids is 1. The highest BCUT2D eigenvalue weighted by Crippen LogP contribution is 2.31. The Balaban J connectivity index is 2.46. The second-order valence-corrected chi connectivity index (χ2v) is 3.75. The Kier molecular flexibility index (Phi) is 2.76. The molecule has 1 aromatic rings. The predicted molar refractivity (Wildman–Crippen MR) is 56.0 cm³/mol. The van der Waals surface area contributed by atoms with Crippen LogP contribution in [0.25, 0.3) is 0 Å². The molecule has 1 aromatic carbocycles. The third-order valence-electron chi connectivity index (χ3n) is 2.53. The standard InChI is InChI=1S/C10H9FN2O4/c11-6-1-2-8(13(16)17)9(3-6)12-5-7(14)4-10(12)15/h1-3,7,14H,4-5H2. The number of anilines is 1. The second-order valence-electron chi connectivity index (χ2n) is 3.75. The Bertz CT molecular complexity index is 491. The van der Waals surface area contributed by atoms with Crippen molar-refractivity contribution in [3.63, 3.8) is 0 Å². The summed E-state index contributed by atoms with van der Waals surface area (Å²) in [7, 11) is 0. The number of benzene rings is 1. The summed E-state index contributed by atoms with van der Waals surface area (Å²) in [6, 6.07) is 2.88. The number of nitrogens with zero attached hydrogens (tertiary/aromatic N) is 2. The van der Waals surface area contributed by atoms with E-state index in [9.17, 15) is 24.4 Å². The molecule has 1 aliphatic heterocycles.